The van der Waals surface area contributed by atoms with Crippen LogP contribution in [0.4, 0.5) is 0 Å². The fourth-order valence-electron chi connectivity index (χ4n) is 1.65. The summed E-state index contributed by atoms with van der Waals surface area (Å²) in [5.74, 6) is 0. The third kappa shape index (κ3) is 3.53. The van der Waals surface area contributed by atoms with Gasteiger partial charge in [0.1, 0.15) is 0 Å². The second-order valence-electron chi connectivity index (χ2n) is 3.40. The highest BCUT2D eigenvalue weighted by Crippen LogP contribution is 2.15. The van der Waals surface area contributed by atoms with Crippen molar-refractivity contribution < 1.29 is 4.79 Å². The molecule has 1 atom stereocenters. The lowest BCUT2D eigenvalue weighted by Gasteiger charge is -2.30. The predicted molar refractivity (Wildman–Crippen MR) is 52.4 cm³/mol. The average molecular weight is 180 g/mol. The van der Waals surface area contributed by atoms with E-state index < -0.39 is 0 Å². The Kier molecular flexibility index (Phi) is 4.44. The molecule has 3 nitrogen and oxygen atoms in total. The van der Waals surface area contributed by atoms with Gasteiger partial charge >= 0.3 is 0 Å². The van der Waals surface area contributed by atoms with Crippen LogP contribution in [0.2, 0.25) is 0 Å². The molecule has 0 aromatic carbocycles. The first kappa shape index (κ1) is 10.2. The van der Waals surface area contributed by atoms with Crippen LogP contribution in [0, 0.1) is 0 Å². The number of rotatable bonds is 3. The molecule has 0 amide bonds. The Morgan fingerprint density at radius 1 is 1.62 bits per heavy atom. The summed E-state index contributed by atoms with van der Waals surface area (Å²) in [6.07, 6.45) is 9.43. The van der Waals surface area contributed by atoms with Gasteiger partial charge in [-0.25, -0.2) is 9.79 Å². The summed E-state index contributed by atoms with van der Waals surface area (Å²) in [6.45, 7) is 1.64. The summed E-state index contributed by atoms with van der Waals surface area (Å²) in [4.78, 5) is 15.6. The number of aliphatic imine (C=N–C) groups is 1. The minimum absolute atomic E-state index is 0.466. The maximum atomic E-state index is 9.78. The van der Waals surface area contributed by atoms with E-state index >= 15 is 0 Å². The van der Waals surface area contributed by atoms with Crippen LogP contribution in [0.5, 0.6) is 0 Å². The lowest BCUT2D eigenvalue weighted by atomic mass is 10.0. The van der Waals surface area contributed by atoms with Crippen LogP contribution in [-0.2, 0) is 4.79 Å². The van der Waals surface area contributed by atoms with Crippen LogP contribution in [0.3, 0.4) is 0 Å². The smallest absolute Gasteiger partial charge is 0.235 e. The number of hydrogen-bond acceptors (Lipinski definition) is 3. The van der Waals surface area contributed by atoms with Crippen molar-refractivity contribution in [1.29, 1.82) is 0 Å². The SMILES string of the molecule is CN1CCCCC1/C=C\CN=C=O. The molecule has 1 aliphatic rings. The van der Waals surface area contributed by atoms with E-state index in [9.17, 15) is 4.79 Å². The van der Waals surface area contributed by atoms with Gasteiger partial charge < -0.3 is 0 Å². The Hall–Kier alpha value is -0.920. The molecule has 0 aliphatic carbocycles. The van der Waals surface area contributed by atoms with Crippen LogP contribution in [0.1, 0.15) is 19.3 Å². The molecule has 1 heterocycles. The Balaban J connectivity index is 2.32. The van der Waals surface area contributed by atoms with Gasteiger partial charge in [-0.15, -0.1) is 0 Å². The summed E-state index contributed by atoms with van der Waals surface area (Å²) in [6, 6.07) is 0.538. The Labute approximate surface area is 79.1 Å². The van der Waals surface area contributed by atoms with Crippen molar-refractivity contribution in [1.82, 2.24) is 4.90 Å². The van der Waals surface area contributed by atoms with Crippen LogP contribution in [-0.4, -0.2) is 37.2 Å². The van der Waals surface area contributed by atoms with Gasteiger partial charge in [-0.3, -0.25) is 4.90 Å². The third-order valence-electron chi connectivity index (χ3n) is 2.45. The lowest BCUT2D eigenvalue weighted by Crippen LogP contribution is -2.34. The molecule has 1 unspecified atom stereocenters. The van der Waals surface area contributed by atoms with E-state index in [2.05, 4.69) is 23.0 Å². The fraction of sp³-hybridized carbons (Fsp3) is 0.700. The number of likely N-dealkylation sites (tertiary alicyclic amines) is 1. The first-order chi connectivity index (χ1) is 6.34. The van der Waals surface area contributed by atoms with E-state index in [0.717, 1.165) is 0 Å². The molecule has 0 bridgehead atoms. The Morgan fingerprint density at radius 3 is 3.15 bits per heavy atom. The van der Waals surface area contributed by atoms with Crippen molar-refractivity contribution in [2.75, 3.05) is 20.1 Å². The molecule has 1 saturated heterocycles. The number of piperidine rings is 1. The number of likely N-dealkylation sites (N-methyl/N-ethyl adjacent to an activating group) is 1. The number of hydrogen-bond donors (Lipinski definition) is 0. The van der Waals surface area contributed by atoms with E-state index in [4.69, 9.17) is 0 Å². The van der Waals surface area contributed by atoms with E-state index in [-0.39, 0.29) is 0 Å². The molecule has 0 radical (unpaired) electrons. The highest BCUT2D eigenvalue weighted by atomic mass is 16.1. The molecule has 1 aliphatic heterocycles. The van der Waals surface area contributed by atoms with Crippen LogP contribution >= 0.6 is 0 Å². The van der Waals surface area contributed by atoms with E-state index in [1.807, 2.05) is 6.08 Å². The zero-order chi connectivity index (χ0) is 9.52. The van der Waals surface area contributed by atoms with E-state index in [1.165, 1.54) is 31.9 Å². The van der Waals surface area contributed by atoms with Gasteiger partial charge in [-0.05, 0) is 26.4 Å². The van der Waals surface area contributed by atoms with Crippen molar-refractivity contribution in [2.24, 2.45) is 4.99 Å². The number of isocyanates is 1. The fourth-order valence-corrected chi connectivity index (χ4v) is 1.65. The first-order valence-electron chi connectivity index (χ1n) is 4.75. The summed E-state index contributed by atoms with van der Waals surface area (Å²) in [5, 5.41) is 0. The quantitative estimate of drug-likeness (QED) is 0.373. The van der Waals surface area contributed by atoms with Crippen molar-refractivity contribution in [3.05, 3.63) is 12.2 Å². The van der Waals surface area contributed by atoms with Crippen LogP contribution < -0.4 is 0 Å². The Bertz CT molecular complexity index is 219. The van der Waals surface area contributed by atoms with Gasteiger partial charge in [-0.2, -0.15) is 0 Å². The average Bonchev–Trinajstić information content (AvgIpc) is 2.15. The molecule has 13 heavy (non-hydrogen) atoms. The third-order valence-corrected chi connectivity index (χ3v) is 2.45. The molecule has 1 rings (SSSR count). The zero-order valence-corrected chi connectivity index (χ0v) is 8.07. The van der Waals surface area contributed by atoms with Gasteiger partial charge in [0.05, 0.1) is 6.54 Å². The van der Waals surface area contributed by atoms with Gasteiger partial charge in [0.15, 0.2) is 0 Å². The van der Waals surface area contributed by atoms with Crippen LogP contribution in [0.25, 0.3) is 0 Å². The molecule has 0 aromatic rings. The molecule has 72 valence electrons. The predicted octanol–water partition coefficient (Wildman–Crippen LogP) is 1.36. The van der Waals surface area contributed by atoms with Crippen molar-refractivity contribution in [2.45, 2.75) is 25.3 Å². The van der Waals surface area contributed by atoms with Gasteiger partial charge in [0.2, 0.25) is 6.08 Å². The minimum atomic E-state index is 0.466. The minimum Gasteiger partial charge on any atom is -0.300 e. The molecular formula is C10H16N2O. The normalized spacial score (nSPS) is 24.5. The second-order valence-corrected chi connectivity index (χ2v) is 3.40. The maximum absolute atomic E-state index is 9.78. The van der Waals surface area contributed by atoms with Crippen LogP contribution in [0.15, 0.2) is 17.1 Å². The van der Waals surface area contributed by atoms with Crippen molar-refractivity contribution in [3.63, 3.8) is 0 Å². The molecule has 0 spiro atoms. The molecule has 3 heteroatoms. The van der Waals surface area contributed by atoms with Gasteiger partial charge in [-0.1, -0.05) is 18.6 Å². The largest absolute Gasteiger partial charge is 0.300 e. The summed E-state index contributed by atoms with van der Waals surface area (Å²) < 4.78 is 0. The molecule has 0 saturated carbocycles. The van der Waals surface area contributed by atoms with Gasteiger partial charge in [0.25, 0.3) is 0 Å². The topological polar surface area (TPSA) is 32.7 Å². The molecule has 0 N–H and O–H groups in total. The standard InChI is InChI=1S/C10H16N2O/c1-12-8-3-2-5-10(12)6-4-7-11-9-13/h4,6,10H,2-3,5,7-8H2,1H3/b6-4-. The summed E-state index contributed by atoms with van der Waals surface area (Å²) in [5.41, 5.74) is 0. The Morgan fingerprint density at radius 2 is 2.46 bits per heavy atom. The second kappa shape index (κ2) is 5.68. The van der Waals surface area contributed by atoms with Gasteiger partial charge in [0, 0.05) is 6.04 Å². The number of carbonyl (C=O) groups excluding carboxylic acids is 1. The number of nitrogens with zero attached hydrogens (tertiary/aromatic N) is 2. The maximum Gasteiger partial charge on any atom is 0.235 e. The van der Waals surface area contributed by atoms with Crippen molar-refractivity contribution in [3.8, 4) is 0 Å². The van der Waals surface area contributed by atoms with E-state index in [0.29, 0.717) is 12.6 Å². The lowest BCUT2D eigenvalue weighted by molar-refractivity contribution is 0.222. The summed E-state index contributed by atoms with van der Waals surface area (Å²) in [7, 11) is 2.14. The summed E-state index contributed by atoms with van der Waals surface area (Å²) >= 11 is 0. The highest BCUT2D eigenvalue weighted by molar-refractivity contribution is 5.33. The highest BCUT2D eigenvalue weighted by Gasteiger charge is 2.14. The monoisotopic (exact) mass is 180 g/mol. The molecular weight excluding hydrogens is 164 g/mol. The molecule has 1 fully saturated rings. The van der Waals surface area contributed by atoms with Crippen molar-refractivity contribution >= 4 is 6.08 Å². The zero-order valence-electron chi connectivity index (χ0n) is 8.07. The first-order valence-corrected chi connectivity index (χ1v) is 4.75. The van der Waals surface area contributed by atoms with E-state index in [1.54, 1.807) is 0 Å². The molecule has 0 aromatic heterocycles.